The lowest BCUT2D eigenvalue weighted by molar-refractivity contribution is 0.0938. The van der Waals surface area contributed by atoms with Gasteiger partial charge < -0.3 is 10.3 Å². The molecule has 21 heavy (non-hydrogen) atoms. The SMILES string of the molecule is C[C@H](NC(=O)c1ccc2[nH]c(=O)n(C)c2c1)c1ncn[nH]1. The number of nitrogens with zero attached hydrogens (tertiary/aromatic N) is 3. The van der Waals surface area contributed by atoms with Crippen LogP contribution in [0.25, 0.3) is 11.0 Å². The fourth-order valence-electron chi connectivity index (χ4n) is 2.14. The number of aromatic amines is 2. The normalized spacial score (nSPS) is 12.5. The van der Waals surface area contributed by atoms with Gasteiger partial charge in [-0.3, -0.25) is 14.5 Å². The predicted octanol–water partition coefficient (Wildman–Crippen LogP) is 0.476. The molecule has 0 aliphatic rings. The quantitative estimate of drug-likeness (QED) is 0.650. The van der Waals surface area contributed by atoms with E-state index in [1.54, 1.807) is 25.2 Å². The Morgan fingerprint density at radius 2 is 2.24 bits per heavy atom. The molecule has 0 fully saturated rings. The van der Waals surface area contributed by atoms with Gasteiger partial charge in [-0.05, 0) is 25.1 Å². The van der Waals surface area contributed by atoms with Gasteiger partial charge in [-0.15, -0.1) is 0 Å². The zero-order valence-electron chi connectivity index (χ0n) is 11.5. The second kappa shape index (κ2) is 4.89. The first kappa shape index (κ1) is 13.1. The number of fused-ring (bicyclic) bond motifs is 1. The zero-order valence-corrected chi connectivity index (χ0v) is 11.5. The predicted molar refractivity (Wildman–Crippen MR) is 75.8 cm³/mol. The van der Waals surface area contributed by atoms with E-state index < -0.39 is 0 Å². The summed E-state index contributed by atoms with van der Waals surface area (Å²) >= 11 is 0. The molecule has 2 aromatic heterocycles. The number of benzene rings is 1. The molecule has 0 radical (unpaired) electrons. The van der Waals surface area contributed by atoms with E-state index in [2.05, 4.69) is 25.5 Å². The summed E-state index contributed by atoms with van der Waals surface area (Å²) in [6, 6.07) is 4.77. The average molecular weight is 286 g/mol. The van der Waals surface area contributed by atoms with Crippen molar-refractivity contribution in [2.24, 2.45) is 7.05 Å². The van der Waals surface area contributed by atoms with Gasteiger partial charge in [0.1, 0.15) is 12.2 Å². The van der Waals surface area contributed by atoms with Gasteiger partial charge in [-0.2, -0.15) is 5.10 Å². The highest BCUT2D eigenvalue weighted by Crippen LogP contribution is 2.13. The third kappa shape index (κ3) is 2.31. The van der Waals surface area contributed by atoms with Gasteiger partial charge in [-0.1, -0.05) is 0 Å². The molecule has 2 heterocycles. The highest BCUT2D eigenvalue weighted by Gasteiger charge is 2.14. The van der Waals surface area contributed by atoms with Crippen molar-refractivity contribution in [3.05, 3.63) is 46.4 Å². The van der Waals surface area contributed by atoms with Gasteiger partial charge in [0.05, 0.1) is 17.1 Å². The lowest BCUT2D eigenvalue weighted by atomic mass is 10.1. The van der Waals surface area contributed by atoms with Crippen molar-refractivity contribution in [1.29, 1.82) is 0 Å². The van der Waals surface area contributed by atoms with E-state index >= 15 is 0 Å². The molecule has 3 rings (SSSR count). The lowest BCUT2D eigenvalue weighted by Gasteiger charge is -2.11. The van der Waals surface area contributed by atoms with Crippen molar-refractivity contribution in [2.75, 3.05) is 0 Å². The standard InChI is InChI=1S/C13H14N6O2/c1-7(11-14-6-15-18-11)16-12(20)8-3-4-9-10(5-8)19(2)13(21)17-9/h3-7H,1-2H3,(H,16,20)(H,17,21)(H,14,15,18)/t7-/m0/s1. The Morgan fingerprint density at radius 3 is 2.95 bits per heavy atom. The van der Waals surface area contributed by atoms with Gasteiger partial charge in [0, 0.05) is 12.6 Å². The van der Waals surface area contributed by atoms with Crippen LogP contribution >= 0.6 is 0 Å². The van der Waals surface area contributed by atoms with Gasteiger partial charge in [-0.25, -0.2) is 9.78 Å². The summed E-state index contributed by atoms with van der Waals surface area (Å²) in [5.74, 6) is 0.341. The lowest BCUT2D eigenvalue weighted by Crippen LogP contribution is -2.27. The van der Waals surface area contributed by atoms with Crippen molar-refractivity contribution in [2.45, 2.75) is 13.0 Å². The van der Waals surface area contributed by atoms with E-state index in [0.717, 1.165) is 0 Å². The van der Waals surface area contributed by atoms with Crippen LogP contribution in [0.4, 0.5) is 0 Å². The maximum atomic E-state index is 12.2. The van der Waals surface area contributed by atoms with Crippen LogP contribution in [0.15, 0.2) is 29.3 Å². The van der Waals surface area contributed by atoms with Crippen molar-refractivity contribution in [3.63, 3.8) is 0 Å². The molecule has 0 saturated carbocycles. The fraction of sp³-hybridized carbons (Fsp3) is 0.231. The molecular weight excluding hydrogens is 272 g/mol. The van der Waals surface area contributed by atoms with Crippen molar-refractivity contribution >= 4 is 16.9 Å². The van der Waals surface area contributed by atoms with E-state index in [9.17, 15) is 9.59 Å². The third-order valence-corrected chi connectivity index (χ3v) is 3.36. The molecule has 8 nitrogen and oxygen atoms in total. The molecule has 3 aromatic rings. The molecule has 0 saturated heterocycles. The van der Waals surface area contributed by atoms with Crippen LogP contribution in [0.2, 0.25) is 0 Å². The molecule has 0 unspecified atom stereocenters. The first-order valence-electron chi connectivity index (χ1n) is 6.41. The summed E-state index contributed by atoms with van der Waals surface area (Å²) in [7, 11) is 1.65. The highest BCUT2D eigenvalue weighted by atomic mass is 16.2. The minimum absolute atomic E-state index is 0.211. The number of hydrogen-bond acceptors (Lipinski definition) is 4. The number of imidazole rings is 1. The van der Waals surface area contributed by atoms with E-state index in [-0.39, 0.29) is 17.6 Å². The minimum Gasteiger partial charge on any atom is -0.342 e. The Morgan fingerprint density at radius 1 is 1.43 bits per heavy atom. The molecule has 0 aliphatic heterocycles. The summed E-state index contributed by atoms with van der Waals surface area (Å²) in [6.07, 6.45) is 1.39. The number of H-pyrrole nitrogens is 2. The smallest absolute Gasteiger partial charge is 0.326 e. The van der Waals surface area contributed by atoms with E-state index in [1.807, 2.05) is 6.92 Å². The van der Waals surface area contributed by atoms with Crippen molar-refractivity contribution in [1.82, 2.24) is 30.0 Å². The van der Waals surface area contributed by atoms with Crippen LogP contribution in [0.1, 0.15) is 29.1 Å². The summed E-state index contributed by atoms with van der Waals surface area (Å²) < 4.78 is 1.46. The largest absolute Gasteiger partial charge is 0.342 e. The maximum Gasteiger partial charge on any atom is 0.326 e. The maximum absolute atomic E-state index is 12.2. The molecular formula is C13H14N6O2. The van der Waals surface area contributed by atoms with Crippen LogP contribution in [0.3, 0.4) is 0 Å². The van der Waals surface area contributed by atoms with Gasteiger partial charge in [0.2, 0.25) is 0 Å². The number of amides is 1. The highest BCUT2D eigenvalue weighted by molar-refractivity contribution is 5.97. The topological polar surface area (TPSA) is 108 Å². The van der Waals surface area contributed by atoms with Crippen LogP contribution in [0, 0.1) is 0 Å². The second-order valence-electron chi connectivity index (χ2n) is 4.79. The summed E-state index contributed by atoms with van der Waals surface area (Å²) in [5.41, 5.74) is 1.64. The number of nitrogens with one attached hydrogen (secondary N) is 3. The number of aryl methyl sites for hydroxylation is 1. The molecule has 8 heteroatoms. The van der Waals surface area contributed by atoms with Gasteiger partial charge in [0.25, 0.3) is 5.91 Å². The Balaban J connectivity index is 1.88. The van der Waals surface area contributed by atoms with Crippen LogP contribution in [-0.2, 0) is 7.05 Å². The van der Waals surface area contributed by atoms with E-state index in [0.29, 0.717) is 22.4 Å². The molecule has 108 valence electrons. The Kier molecular flexibility index (Phi) is 3.05. The molecule has 1 aromatic carbocycles. The molecule has 0 bridgehead atoms. The number of aromatic nitrogens is 5. The average Bonchev–Trinajstić information content (AvgIpc) is 3.08. The minimum atomic E-state index is -0.286. The first-order valence-corrected chi connectivity index (χ1v) is 6.41. The summed E-state index contributed by atoms with van der Waals surface area (Å²) in [6.45, 7) is 1.81. The van der Waals surface area contributed by atoms with Crippen LogP contribution in [0.5, 0.6) is 0 Å². The first-order chi connectivity index (χ1) is 10.1. The molecule has 1 atom stereocenters. The second-order valence-corrected chi connectivity index (χ2v) is 4.79. The fourth-order valence-corrected chi connectivity index (χ4v) is 2.14. The van der Waals surface area contributed by atoms with E-state index in [1.165, 1.54) is 10.9 Å². The number of hydrogen-bond donors (Lipinski definition) is 3. The molecule has 0 aliphatic carbocycles. The number of rotatable bonds is 3. The number of carbonyl (C=O) groups excluding carboxylic acids is 1. The summed E-state index contributed by atoms with van der Waals surface area (Å²) in [4.78, 5) is 30.5. The van der Waals surface area contributed by atoms with Crippen LogP contribution in [-0.4, -0.2) is 30.6 Å². The summed E-state index contributed by atoms with van der Waals surface area (Å²) in [5, 5.41) is 9.28. The van der Waals surface area contributed by atoms with Gasteiger partial charge in [0.15, 0.2) is 0 Å². The molecule has 3 N–H and O–H groups in total. The van der Waals surface area contributed by atoms with E-state index in [4.69, 9.17) is 0 Å². The Hall–Kier alpha value is -2.90. The van der Waals surface area contributed by atoms with Crippen molar-refractivity contribution in [3.8, 4) is 0 Å². The van der Waals surface area contributed by atoms with Gasteiger partial charge >= 0.3 is 5.69 Å². The van der Waals surface area contributed by atoms with Crippen LogP contribution < -0.4 is 11.0 Å². The zero-order chi connectivity index (χ0) is 15.0. The Bertz CT molecular complexity index is 845. The Labute approximate surface area is 119 Å². The van der Waals surface area contributed by atoms with Crippen molar-refractivity contribution < 1.29 is 4.79 Å². The third-order valence-electron chi connectivity index (χ3n) is 3.36. The molecule has 0 spiro atoms. The monoisotopic (exact) mass is 286 g/mol. The molecule has 1 amide bonds. The number of carbonyl (C=O) groups is 1.